The second-order valence-corrected chi connectivity index (χ2v) is 4.77. The van der Waals surface area contributed by atoms with Crippen LogP contribution >= 0.6 is 11.8 Å². The Balaban J connectivity index is 2.94. The van der Waals surface area contributed by atoms with Crippen LogP contribution in [0.1, 0.15) is 11.1 Å². The summed E-state index contributed by atoms with van der Waals surface area (Å²) in [7, 11) is 0. The van der Waals surface area contributed by atoms with Gasteiger partial charge in [0.05, 0.1) is 12.2 Å². The Hall–Kier alpha value is -1.24. The molecule has 1 aromatic rings. The van der Waals surface area contributed by atoms with Crippen molar-refractivity contribution in [2.75, 3.05) is 5.75 Å². The van der Waals surface area contributed by atoms with E-state index in [2.05, 4.69) is 0 Å². The predicted octanol–water partition coefficient (Wildman–Crippen LogP) is 2.82. The lowest BCUT2D eigenvalue weighted by atomic mass is 10.1. The van der Waals surface area contributed by atoms with Crippen molar-refractivity contribution in [3.63, 3.8) is 0 Å². The molecule has 0 heterocycles. The minimum atomic E-state index is -4.30. The minimum absolute atomic E-state index is 0.0118. The van der Waals surface area contributed by atoms with Crippen molar-refractivity contribution in [3.8, 4) is 0 Å². The van der Waals surface area contributed by atoms with Crippen molar-refractivity contribution in [2.45, 2.75) is 24.4 Å². The second-order valence-electron chi connectivity index (χ2n) is 3.76. The summed E-state index contributed by atoms with van der Waals surface area (Å²) >= 11 is 0.560. The molecule has 18 heavy (non-hydrogen) atoms. The average Bonchev–Trinajstić information content (AvgIpc) is 2.18. The first-order valence-electron chi connectivity index (χ1n) is 4.96. The molecule has 0 aliphatic heterocycles. The number of carbonyl (C=O) groups is 1. The number of carbonyl (C=O) groups excluding carboxylic acids is 1. The van der Waals surface area contributed by atoms with Gasteiger partial charge in [0.1, 0.15) is 5.82 Å². The lowest BCUT2D eigenvalue weighted by Gasteiger charge is -2.10. The molecule has 2 nitrogen and oxygen atoms in total. The van der Waals surface area contributed by atoms with E-state index in [4.69, 9.17) is 5.73 Å². The fraction of sp³-hybridized carbons (Fsp3) is 0.364. The predicted molar refractivity (Wildman–Crippen MR) is 60.8 cm³/mol. The molecule has 0 saturated heterocycles. The average molecular weight is 281 g/mol. The summed E-state index contributed by atoms with van der Waals surface area (Å²) in [5.74, 6) is -2.43. The molecule has 0 aromatic heterocycles. The first kappa shape index (κ1) is 14.8. The van der Waals surface area contributed by atoms with Crippen LogP contribution in [0.5, 0.6) is 0 Å². The zero-order chi connectivity index (χ0) is 13.9. The number of thioether (sulfide) groups is 1. The monoisotopic (exact) mass is 281 g/mol. The highest BCUT2D eigenvalue weighted by Crippen LogP contribution is 2.31. The first-order valence-corrected chi connectivity index (χ1v) is 5.94. The van der Waals surface area contributed by atoms with Gasteiger partial charge in [-0.3, -0.25) is 4.79 Å². The van der Waals surface area contributed by atoms with E-state index in [0.717, 1.165) is 6.07 Å². The topological polar surface area (TPSA) is 43.1 Å². The van der Waals surface area contributed by atoms with Gasteiger partial charge >= 0.3 is 6.18 Å². The van der Waals surface area contributed by atoms with Crippen LogP contribution in [-0.2, 0) is 11.2 Å². The van der Waals surface area contributed by atoms with E-state index < -0.39 is 23.7 Å². The van der Waals surface area contributed by atoms with Crippen LogP contribution in [0, 0.1) is 12.7 Å². The summed E-state index contributed by atoms with van der Waals surface area (Å²) < 4.78 is 49.7. The van der Waals surface area contributed by atoms with Gasteiger partial charge in [0.2, 0.25) is 5.91 Å². The number of hydrogen-bond donors (Lipinski definition) is 1. The van der Waals surface area contributed by atoms with Crippen molar-refractivity contribution in [2.24, 2.45) is 5.73 Å². The van der Waals surface area contributed by atoms with E-state index in [1.54, 1.807) is 0 Å². The van der Waals surface area contributed by atoms with E-state index in [1.165, 1.54) is 13.0 Å². The number of benzene rings is 1. The highest BCUT2D eigenvalue weighted by atomic mass is 32.2. The molecule has 0 atom stereocenters. The summed E-state index contributed by atoms with van der Waals surface area (Å²) in [6.07, 6.45) is -4.62. The van der Waals surface area contributed by atoms with E-state index in [-0.39, 0.29) is 12.0 Å². The normalized spacial score (nSPS) is 11.6. The highest BCUT2D eigenvalue weighted by molar-refractivity contribution is 7.99. The molecule has 0 radical (unpaired) electrons. The number of rotatable bonds is 4. The van der Waals surface area contributed by atoms with Crippen molar-refractivity contribution >= 4 is 17.7 Å². The number of aryl methyl sites for hydroxylation is 1. The molecular formula is C11H11F4NOS. The van der Waals surface area contributed by atoms with Gasteiger partial charge in [-0.15, -0.1) is 11.8 Å². The molecule has 1 amide bonds. The molecule has 0 fully saturated rings. The SMILES string of the molecule is Cc1cc(F)c(CC(N)=O)cc1SCC(F)(F)F. The number of primary amides is 1. The summed E-state index contributed by atoms with van der Waals surface area (Å²) in [6, 6.07) is 2.35. The Morgan fingerprint density at radius 2 is 2.00 bits per heavy atom. The lowest BCUT2D eigenvalue weighted by molar-refractivity contribution is -0.117. The maximum atomic E-state index is 13.4. The fourth-order valence-corrected chi connectivity index (χ4v) is 2.16. The van der Waals surface area contributed by atoms with Crippen LogP contribution in [0.25, 0.3) is 0 Å². The summed E-state index contributed by atoms with van der Waals surface area (Å²) in [5, 5.41) is 0. The van der Waals surface area contributed by atoms with Gasteiger partial charge in [-0.25, -0.2) is 4.39 Å². The van der Waals surface area contributed by atoms with Crippen LogP contribution in [0.15, 0.2) is 17.0 Å². The van der Waals surface area contributed by atoms with Gasteiger partial charge in [0.15, 0.2) is 0 Å². The van der Waals surface area contributed by atoms with Crippen molar-refractivity contribution in [3.05, 3.63) is 29.1 Å². The standard InChI is InChI=1S/C11H11F4NOS/c1-6-2-8(12)7(4-10(16)17)3-9(6)18-5-11(13,14)15/h2-3H,4-5H2,1H3,(H2,16,17). The molecular weight excluding hydrogens is 270 g/mol. The lowest BCUT2D eigenvalue weighted by Crippen LogP contribution is -2.15. The molecule has 0 aliphatic rings. The van der Waals surface area contributed by atoms with E-state index in [0.29, 0.717) is 22.2 Å². The molecule has 2 N–H and O–H groups in total. The minimum Gasteiger partial charge on any atom is -0.369 e. The number of halogens is 4. The fourth-order valence-electron chi connectivity index (χ4n) is 1.33. The molecule has 0 aliphatic carbocycles. The van der Waals surface area contributed by atoms with Gasteiger partial charge in [0.25, 0.3) is 0 Å². The molecule has 0 bridgehead atoms. The number of alkyl halides is 3. The van der Waals surface area contributed by atoms with E-state index in [9.17, 15) is 22.4 Å². The van der Waals surface area contributed by atoms with E-state index >= 15 is 0 Å². The zero-order valence-electron chi connectivity index (χ0n) is 9.47. The Morgan fingerprint density at radius 1 is 1.39 bits per heavy atom. The Morgan fingerprint density at radius 3 is 2.50 bits per heavy atom. The van der Waals surface area contributed by atoms with Gasteiger partial charge in [0, 0.05) is 4.90 Å². The summed E-state index contributed by atoms with van der Waals surface area (Å²) in [5.41, 5.74) is 5.34. The third kappa shape index (κ3) is 4.56. The molecule has 1 rings (SSSR count). The summed E-state index contributed by atoms with van der Waals surface area (Å²) in [6.45, 7) is 1.51. The van der Waals surface area contributed by atoms with Crippen LogP contribution in [-0.4, -0.2) is 17.8 Å². The summed E-state index contributed by atoms with van der Waals surface area (Å²) in [4.78, 5) is 11.0. The van der Waals surface area contributed by atoms with Gasteiger partial charge in [-0.1, -0.05) is 0 Å². The Bertz CT molecular complexity index is 459. The number of nitrogens with two attached hydrogens (primary N) is 1. The van der Waals surface area contributed by atoms with Crippen molar-refractivity contribution < 1.29 is 22.4 Å². The van der Waals surface area contributed by atoms with Crippen molar-refractivity contribution in [1.29, 1.82) is 0 Å². The first-order chi connectivity index (χ1) is 8.19. The third-order valence-electron chi connectivity index (χ3n) is 2.10. The van der Waals surface area contributed by atoms with Crippen LogP contribution < -0.4 is 5.73 Å². The second kappa shape index (κ2) is 5.60. The van der Waals surface area contributed by atoms with Gasteiger partial charge in [-0.05, 0) is 30.2 Å². The smallest absolute Gasteiger partial charge is 0.369 e. The van der Waals surface area contributed by atoms with E-state index in [1.807, 2.05) is 0 Å². The molecule has 100 valence electrons. The largest absolute Gasteiger partial charge is 0.398 e. The van der Waals surface area contributed by atoms with Gasteiger partial charge < -0.3 is 5.73 Å². The Labute approximate surface area is 106 Å². The van der Waals surface area contributed by atoms with Crippen molar-refractivity contribution in [1.82, 2.24) is 0 Å². The maximum absolute atomic E-state index is 13.4. The molecule has 7 heteroatoms. The highest BCUT2D eigenvalue weighted by Gasteiger charge is 2.27. The number of amides is 1. The molecule has 0 spiro atoms. The zero-order valence-corrected chi connectivity index (χ0v) is 10.3. The van der Waals surface area contributed by atoms with Crippen LogP contribution in [0.2, 0.25) is 0 Å². The third-order valence-corrected chi connectivity index (χ3v) is 3.32. The quantitative estimate of drug-likeness (QED) is 0.681. The van der Waals surface area contributed by atoms with Crippen LogP contribution in [0.3, 0.4) is 0 Å². The Kier molecular flexibility index (Phi) is 4.61. The molecule has 0 unspecified atom stereocenters. The number of hydrogen-bond acceptors (Lipinski definition) is 2. The maximum Gasteiger partial charge on any atom is 0.398 e. The van der Waals surface area contributed by atoms with Gasteiger partial charge in [-0.2, -0.15) is 13.2 Å². The molecule has 1 aromatic carbocycles. The van der Waals surface area contributed by atoms with Crippen LogP contribution in [0.4, 0.5) is 17.6 Å². The molecule has 0 saturated carbocycles.